The van der Waals surface area contributed by atoms with Crippen molar-refractivity contribution >= 4 is 36.1 Å². The van der Waals surface area contributed by atoms with Gasteiger partial charge in [-0.25, -0.2) is 0 Å². The minimum Gasteiger partial charge on any atom is -0.463 e. The normalized spacial score (nSPS) is 25.7. The van der Waals surface area contributed by atoms with Gasteiger partial charge in [-0.05, 0) is 0 Å². The van der Waals surface area contributed by atoms with Crippen molar-refractivity contribution in [2.75, 3.05) is 13.2 Å². The van der Waals surface area contributed by atoms with E-state index in [1.54, 1.807) is 0 Å². The molecule has 0 radical (unpaired) electrons. The van der Waals surface area contributed by atoms with E-state index in [0.717, 1.165) is 34.6 Å². The smallest absolute Gasteiger partial charge is 0.303 e. The molecular formula is C23H35NO15. The van der Waals surface area contributed by atoms with Crippen LogP contribution in [0, 0.1) is 0 Å². The zero-order valence-corrected chi connectivity index (χ0v) is 22.1. The van der Waals surface area contributed by atoms with Gasteiger partial charge in [-0.1, -0.05) is 0 Å². The molecule has 222 valence electrons. The van der Waals surface area contributed by atoms with E-state index in [1.807, 2.05) is 0 Å². The van der Waals surface area contributed by atoms with Crippen molar-refractivity contribution in [2.24, 2.45) is 0 Å². The fourth-order valence-corrected chi connectivity index (χ4v) is 3.76. The molecule has 16 heteroatoms. The Morgan fingerprint density at radius 1 is 0.872 bits per heavy atom. The number of aldehydes is 1. The van der Waals surface area contributed by atoms with Crippen molar-refractivity contribution in [3.8, 4) is 0 Å². The molecule has 1 fully saturated rings. The largest absolute Gasteiger partial charge is 0.463 e. The topological polar surface area (TPSA) is 231 Å². The highest BCUT2D eigenvalue weighted by molar-refractivity contribution is 5.77. The van der Waals surface area contributed by atoms with Gasteiger partial charge in [0, 0.05) is 41.0 Å². The van der Waals surface area contributed by atoms with Gasteiger partial charge in [0.1, 0.15) is 31.2 Å². The summed E-state index contributed by atoms with van der Waals surface area (Å²) in [6.45, 7) is 3.82. The van der Waals surface area contributed by atoms with Crippen molar-refractivity contribution in [1.82, 2.24) is 5.32 Å². The first-order valence-corrected chi connectivity index (χ1v) is 11.8. The summed E-state index contributed by atoms with van der Waals surface area (Å²) in [5.41, 5.74) is 0. The Morgan fingerprint density at radius 3 is 1.87 bits per heavy atom. The van der Waals surface area contributed by atoms with E-state index in [4.69, 9.17) is 28.4 Å². The van der Waals surface area contributed by atoms with Crippen molar-refractivity contribution in [2.45, 2.75) is 96.1 Å². The molecule has 1 aliphatic rings. The lowest BCUT2D eigenvalue weighted by Crippen LogP contribution is -2.64. The second kappa shape index (κ2) is 16.0. The summed E-state index contributed by atoms with van der Waals surface area (Å²) in [4.78, 5) is 70.2. The van der Waals surface area contributed by atoms with Crippen molar-refractivity contribution in [3.63, 3.8) is 0 Å². The molecule has 0 spiro atoms. The average molecular weight is 566 g/mol. The Hall–Kier alpha value is -3.18. The summed E-state index contributed by atoms with van der Waals surface area (Å²) >= 11 is 0. The van der Waals surface area contributed by atoms with Gasteiger partial charge in [-0.2, -0.15) is 0 Å². The second-order valence-corrected chi connectivity index (χ2v) is 8.66. The molecule has 0 aromatic carbocycles. The average Bonchev–Trinajstić information content (AvgIpc) is 2.83. The predicted octanol–water partition coefficient (Wildman–Crippen LogP) is -2.74. The van der Waals surface area contributed by atoms with Crippen LogP contribution in [0.25, 0.3) is 0 Å². The monoisotopic (exact) mass is 565 g/mol. The number of ether oxygens (including phenoxy) is 6. The molecule has 16 nitrogen and oxygen atoms in total. The third kappa shape index (κ3) is 11.2. The number of rotatable bonds is 14. The Balaban J connectivity index is 3.56. The molecule has 0 aliphatic carbocycles. The minimum absolute atomic E-state index is 0.336. The third-order valence-corrected chi connectivity index (χ3v) is 5.26. The molecule has 39 heavy (non-hydrogen) atoms. The first-order chi connectivity index (χ1) is 18.2. The van der Waals surface area contributed by atoms with Crippen LogP contribution in [0.2, 0.25) is 0 Å². The maximum absolute atomic E-state index is 12.0. The lowest BCUT2D eigenvalue weighted by molar-refractivity contribution is -0.324. The van der Waals surface area contributed by atoms with Gasteiger partial charge in [0.15, 0.2) is 24.6 Å². The van der Waals surface area contributed by atoms with E-state index in [-0.39, 0.29) is 0 Å². The summed E-state index contributed by atoms with van der Waals surface area (Å²) in [6, 6.07) is -1.24. The number of hydrogen-bond acceptors (Lipinski definition) is 15. The molecule has 1 saturated heterocycles. The van der Waals surface area contributed by atoms with Crippen LogP contribution in [-0.4, -0.2) is 120 Å². The first kappa shape index (κ1) is 33.8. The molecule has 1 heterocycles. The number of carbonyl (C=O) groups is 6. The molecule has 4 N–H and O–H groups in total. The van der Waals surface area contributed by atoms with Crippen molar-refractivity contribution < 1.29 is 72.5 Å². The van der Waals surface area contributed by atoms with Gasteiger partial charge in [0.2, 0.25) is 5.91 Å². The molecular weight excluding hydrogens is 530 g/mol. The van der Waals surface area contributed by atoms with E-state index >= 15 is 0 Å². The quantitative estimate of drug-likeness (QED) is 0.0951. The van der Waals surface area contributed by atoms with E-state index < -0.39 is 104 Å². The summed E-state index contributed by atoms with van der Waals surface area (Å²) in [5.74, 6) is -3.99. The maximum Gasteiger partial charge on any atom is 0.303 e. The van der Waals surface area contributed by atoms with Gasteiger partial charge in [-0.15, -0.1) is 0 Å². The van der Waals surface area contributed by atoms with Gasteiger partial charge in [-0.3, -0.25) is 24.0 Å². The van der Waals surface area contributed by atoms with E-state index in [1.165, 1.54) is 0 Å². The lowest BCUT2D eigenvalue weighted by Gasteiger charge is -2.45. The summed E-state index contributed by atoms with van der Waals surface area (Å²) in [5, 5.41) is 32.3. The van der Waals surface area contributed by atoms with Gasteiger partial charge >= 0.3 is 23.9 Å². The Kier molecular flexibility index (Phi) is 13.9. The molecule has 0 aromatic heterocycles. The van der Waals surface area contributed by atoms with Crippen LogP contribution >= 0.6 is 0 Å². The van der Waals surface area contributed by atoms with Crippen LogP contribution in [0.15, 0.2) is 0 Å². The Labute approximate surface area is 223 Å². The SMILES string of the molecule is CC(=O)N[C@@H](C=O)C[C@@H](O[C@@H]1O[C@H](COC(C)=O)[C@H](OC(C)=O)[C@H](OC(C)=O)[C@H]1OC(C)=O)[C@H](O)[C@H](O)CO. The second-order valence-electron chi connectivity index (χ2n) is 8.66. The molecule has 1 amide bonds. The van der Waals surface area contributed by atoms with E-state index in [0.29, 0.717) is 6.29 Å². The van der Waals surface area contributed by atoms with Gasteiger partial charge in [0.25, 0.3) is 0 Å². The zero-order chi connectivity index (χ0) is 29.9. The highest BCUT2D eigenvalue weighted by Gasteiger charge is 2.53. The summed E-state index contributed by atoms with van der Waals surface area (Å²) in [6.07, 6.45) is -13.2. The lowest BCUT2D eigenvalue weighted by atomic mass is 9.97. The molecule has 9 atom stereocenters. The van der Waals surface area contributed by atoms with Gasteiger partial charge in [0.05, 0.1) is 18.8 Å². The Morgan fingerprint density at radius 2 is 1.41 bits per heavy atom. The molecule has 1 rings (SSSR count). The third-order valence-electron chi connectivity index (χ3n) is 5.26. The number of aliphatic hydroxyl groups excluding tert-OH is 3. The van der Waals surface area contributed by atoms with Crippen molar-refractivity contribution in [1.29, 1.82) is 0 Å². The molecule has 0 bridgehead atoms. The fourth-order valence-electron chi connectivity index (χ4n) is 3.76. The van der Waals surface area contributed by atoms with Crippen LogP contribution in [0.5, 0.6) is 0 Å². The van der Waals surface area contributed by atoms with Gasteiger partial charge < -0.3 is 53.9 Å². The number of esters is 4. The maximum atomic E-state index is 12.0. The number of hydrogen-bond donors (Lipinski definition) is 4. The first-order valence-electron chi connectivity index (χ1n) is 11.8. The number of aliphatic hydroxyl groups is 3. The zero-order valence-electron chi connectivity index (χ0n) is 22.1. The highest BCUT2D eigenvalue weighted by atomic mass is 16.7. The molecule has 0 unspecified atom stereocenters. The van der Waals surface area contributed by atoms with Crippen LogP contribution in [0.3, 0.4) is 0 Å². The van der Waals surface area contributed by atoms with E-state index in [9.17, 15) is 44.1 Å². The van der Waals surface area contributed by atoms with Crippen LogP contribution < -0.4 is 5.32 Å². The number of carbonyl (C=O) groups excluding carboxylic acids is 6. The van der Waals surface area contributed by atoms with Crippen molar-refractivity contribution in [3.05, 3.63) is 0 Å². The Bertz CT molecular complexity index is 880. The predicted molar refractivity (Wildman–Crippen MR) is 124 cm³/mol. The highest BCUT2D eigenvalue weighted by Crippen LogP contribution is 2.31. The number of nitrogens with one attached hydrogen (secondary N) is 1. The molecule has 0 saturated carbocycles. The number of amides is 1. The summed E-state index contributed by atoms with van der Waals surface area (Å²) < 4.78 is 32.4. The molecule has 0 aromatic rings. The van der Waals surface area contributed by atoms with E-state index in [2.05, 4.69) is 5.32 Å². The molecule has 1 aliphatic heterocycles. The minimum atomic E-state index is -1.88. The standard InChI is InChI=1S/C23H35NO15/c1-10(27)24-15(7-25)6-17(19(33)16(32)8-26)38-23-22(37-14(5)31)21(36-13(4)30)20(35-12(3)29)18(39-23)9-34-11(2)28/h7,15-23,26,32-33H,6,8-9H2,1-5H3,(H,24,27)/t15-,16-,17-,18-,19-,20+,21+,22-,23-/m1/s1. The fraction of sp³-hybridized carbons (Fsp3) is 0.739. The van der Waals surface area contributed by atoms with Crippen LogP contribution in [0.1, 0.15) is 41.0 Å². The summed E-state index contributed by atoms with van der Waals surface area (Å²) in [7, 11) is 0. The van der Waals surface area contributed by atoms with Crippen LogP contribution in [-0.2, 0) is 57.2 Å². The van der Waals surface area contributed by atoms with Crippen LogP contribution in [0.4, 0.5) is 0 Å².